The van der Waals surface area contributed by atoms with Crippen LogP contribution < -0.4 is 17.0 Å². The number of aromatic nitrogens is 2. The van der Waals surface area contributed by atoms with E-state index in [1.54, 1.807) is 10.6 Å². The van der Waals surface area contributed by atoms with Crippen LogP contribution in [-0.2, 0) is 0 Å². The Hall–Kier alpha value is -2.67. The molecule has 2 saturated carbocycles. The maximum atomic E-state index is 13.2. The van der Waals surface area contributed by atoms with Crippen molar-refractivity contribution in [2.75, 3.05) is 5.73 Å². The topological polar surface area (TPSA) is 98.0 Å². The molecular formula is C22H23N3O3S. The van der Waals surface area contributed by atoms with Crippen LogP contribution in [-0.4, -0.2) is 15.3 Å². The lowest BCUT2D eigenvalue weighted by atomic mass is 9.95. The molecule has 7 heteroatoms. The normalized spacial score (nSPS) is 23.2. The fraction of sp³-hybridized carbons (Fsp3) is 0.409. The molecule has 2 aliphatic rings. The summed E-state index contributed by atoms with van der Waals surface area (Å²) < 4.78 is 1.71. The number of carbonyl (C=O) groups excluding carboxylic acids is 1. The first-order valence-corrected chi connectivity index (χ1v) is 10.9. The van der Waals surface area contributed by atoms with Gasteiger partial charge in [-0.25, -0.2) is 4.79 Å². The Morgan fingerprint density at radius 1 is 1.17 bits per heavy atom. The number of H-pyrrole nitrogens is 1. The van der Waals surface area contributed by atoms with E-state index in [1.165, 1.54) is 17.8 Å². The third-order valence-electron chi connectivity index (χ3n) is 6.82. The quantitative estimate of drug-likeness (QED) is 0.647. The Morgan fingerprint density at radius 3 is 2.62 bits per heavy atom. The molecule has 0 saturated heterocycles. The summed E-state index contributed by atoms with van der Waals surface area (Å²) in [6, 6.07) is 5.60. The predicted octanol–water partition coefficient (Wildman–Crippen LogP) is 3.54. The van der Waals surface area contributed by atoms with Gasteiger partial charge in [0.15, 0.2) is 0 Å². The maximum Gasteiger partial charge on any atom is 0.329 e. The number of nitrogens with one attached hydrogen (secondary N) is 1. The summed E-state index contributed by atoms with van der Waals surface area (Å²) in [5.74, 6) is 0.889. The van der Waals surface area contributed by atoms with Crippen molar-refractivity contribution in [3.05, 3.63) is 60.6 Å². The Morgan fingerprint density at radius 2 is 1.97 bits per heavy atom. The molecular weight excluding hydrogens is 386 g/mol. The number of thiophene rings is 1. The summed E-state index contributed by atoms with van der Waals surface area (Å²) in [6.45, 7) is 3.95. The summed E-state index contributed by atoms with van der Waals surface area (Å²) in [4.78, 5) is 41.8. The minimum Gasteiger partial charge on any atom is -0.397 e. The number of anilines is 1. The van der Waals surface area contributed by atoms with Crippen molar-refractivity contribution in [3.63, 3.8) is 0 Å². The van der Waals surface area contributed by atoms with Crippen LogP contribution in [0.4, 0.5) is 5.69 Å². The second kappa shape index (κ2) is 6.42. The van der Waals surface area contributed by atoms with Crippen LogP contribution in [0.15, 0.2) is 27.8 Å². The van der Waals surface area contributed by atoms with Gasteiger partial charge in [-0.1, -0.05) is 18.6 Å². The third-order valence-corrected chi connectivity index (χ3v) is 8.02. The first-order chi connectivity index (χ1) is 13.8. The number of nitrogens with zero attached hydrogens (tertiary/aromatic N) is 1. The van der Waals surface area contributed by atoms with E-state index < -0.39 is 11.2 Å². The largest absolute Gasteiger partial charge is 0.397 e. The van der Waals surface area contributed by atoms with Gasteiger partial charge in [0, 0.05) is 11.6 Å². The van der Waals surface area contributed by atoms with Crippen LogP contribution in [0.2, 0.25) is 0 Å². The highest BCUT2D eigenvalue weighted by atomic mass is 32.1. The number of benzene rings is 1. The molecule has 2 aliphatic carbocycles. The summed E-state index contributed by atoms with van der Waals surface area (Å²) in [5, 5.41) is 0.268. The number of aromatic amines is 1. The number of aryl methyl sites for hydroxylation is 2. The predicted molar refractivity (Wildman–Crippen MR) is 115 cm³/mol. The monoisotopic (exact) mass is 409 g/mol. The van der Waals surface area contributed by atoms with Crippen LogP contribution in [0.1, 0.15) is 58.1 Å². The van der Waals surface area contributed by atoms with Crippen LogP contribution >= 0.6 is 11.3 Å². The molecule has 2 aromatic heterocycles. The van der Waals surface area contributed by atoms with Crippen molar-refractivity contribution in [3.8, 4) is 0 Å². The first kappa shape index (κ1) is 18.4. The van der Waals surface area contributed by atoms with Crippen molar-refractivity contribution in [1.82, 2.24) is 9.55 Å². The van der Waals surface area contributed by atoms with Gasteiger partial charge in [-0.15, -0.1) is 11.3 Å². The lowest BCUT2D eigenvalue weighted by Gasteiger charge is -2.24. The number of ketones is 1. The van der Waals surface area contributed by atoms with Gasteiger partial charge in [-0.05, 0) is 62.1 Å². The minimum atomic E-state index is -0.516. The second-order valence-corrected chi connectivity index (χ2v) is 9.52. The highest BCUT2D eigenvalue weighted by Gasteiger charge is 2.42. The molecule has 0 radical (unpaired) electrons. The highest BCUT2D eigenvalue weighted by Crippen LogP contribution is 2.51. The van der Waals surface area contributed by atoms with E-state index in [2.05, 4.69) is 4.98 Å². The van der Waals surface area contributed by atoms with E-state index in [-0.39, 0.29) is 22.9 Å². The molecule has 0 spiro atoms. The van der Waals surface area contributed by atoms with Crippen LogP contribution in [0.25, 0.3) is 10.2 Å². The number of nitrogens with two attached hydrogens (primary N) is 1. The molecule has 0 amide bonds. The number of hydrogen-bond acceptors (Lipinski definition) is 5. The van der Waals surface area contributed by atoms with E-state index in [1.807, 2.05) is 26.0 Å². The molecule has 6 nitrogen and oxygen atoms in total. The first-order valence-electron chi connectivity index (χ1n) is 10.0. The van der Waals surface area contributed by atoms with Gasteiger partial charge in [0.25, 0.3) is 5.56 Å². The minimum absolute atomic E-state index is 0.0724. The second-order valence-electron chi connectivity index (χ2n) is 8.52. The van der Waals surface area contributed by atoms with Crippen molar-refractivity contribution in [2.45, 2.75) is 45.6 Å². The molecule has 2 bridgehead atoms. The van der Waals surface area contributed by atoms with E-state index in [4.69, 9.17) is 5.73 Å². The molecule has 5 rings (SSSR count). The fourth-order valence-electron chi connectivity index (χ4n) is 5.14. The van der Waals surface area contributed by atoms with Crippen molar-refractivity contribution in [2.24, 2.45) is 11.8 Å². The van der Waals surface area contributed by atoms with E-state index in [0.29, 0.717) is 27.1 Å². The van der Waals surface area contributed by atoms with Gasteiger partial charge < -0.3 is 5.73 Å². The van der Waals surface area contributed by atoms with Crippen LogP contribution in [0, 0.1) is 25.7 Å². The Balaban J connectivity index is 1.69. The Labute approximate surface area is 171 Å². The summed E-state index contributed by atoms with van der Waals surface area (Å²) in [7, 11) is 0. The molecule has 2 heterocycles. The number of nitrogen functional groups attached to an aromatic ring is 1. The molecule has 1 aromatic carbocycles. The zero-order valence-electron chi connectivity index (χ0n) is 16.5. The number of carbonyl (C=O) groups is 1. The molecule has 0 aliphatic heterocycles. The average molecular weight is 410 g/mol. The van der Waals surface area contributed by atoms with Gasteiger partial charge in [-0.2, -0.15) is 0 Å². The number of fused-ring (bicyclic) bond motifs is 3. The van der Waals surface area contributed by atoms with E-state index in [0.717, 1.165) is 30.4 Å². The Kier molecular flexibility index (Phi) is 4.07. The van der Waals surface area contributed by atoms with E-state index in [9.17, 15) is 14.4 Å². The van der Waals surface area contributed by atoms with E-state index >= 15 is 0 Å². The molecule has 3 atom stereocenters. The standard InChI is InChI=1S/C22H23N3O3S/c1-10-3-5-14(7-11(10)2)18(26)19-17(23)16-20(27)24-22(28)25(21(16)29-19)15-9-12-4-6-13(15)8-12/h3,5,7,12-13,15H,4,6,8-9,23H2,1-2H3,(H,24,27,28)/t12-,13+,15-/m1/s1. The summed E-state index contributed by atoms with van der Waals surface area (Å²) in [6.07, 6.45) is 4.40. The molecule has 2 fully saturated rings. The summed E-state index contributed by atoms with van der Waals surface area (Å²) >= 11 is 1.17. The number of hydrogen-bond donors (Lipinski definition) is 2. The molecule has 29 heavy (non-hydrogen) atoms. The van der Waals surface area contributed by atoms with Crippen molar-refractivity contribution >= 4 is 33.0 Å². The van der Waals surface area contributed by atoms with Crippen LogP contribution in [0.3, 0.4) is 0 Å². The highest BCUT2D eigenvalue weighted by molar-refractivity contribution is 7.21. The van der Waals surface area contributed by atoms with Crippen molar-refractivity contribution < 1.29 is 4.79 Å². The van der Waals surface area contributed by atoms with Crippen LogP contribution in [0.5, 0.6) is 0 Å². The average Bonchev–Trinajstić information content (AvgIpc) is 3.38. The summed E-state index contributed by atoms with van der Waals surface area (Å²) in [5.41, 5.74) is 8.22. The van der Waals surface area contributed by atoms with Gasteiger partial charge in [0.1, 0.15) is 9.71 Å². The van der Waals surface area contributed by atoms with Gasteiger partial charge >= 0.3 is 5.69 Å². The van der Waals surface area contributed by atoms with Crippen molar-refractivity contribution in [1.29, 1.82) is 0 Å². The smallest absolute Gasteiger partial charge is 0.329 e. The zero-order valence-corrected chi connectivity index (χ0v) is 17.3. The van der Waals surface area contributed by atoms with Gasteiger partial charge in [-0.3, -0.25) is 19.1 Å². The molecule has 3 aromatic rings. The van der Waals surface area contributed by atoms with Gasteiger partial charge in [0.2, 0.25) is 5.78 Å². The SMILES string of the molecule is Cc1ccc(C(=O)c2sc3c(c2N)c(=O)[nH]c(=O)n3[C@@H]2C[C@@H]3CC[C@H]2C3)cc1C. The van der Waals surface area contributed by atoms with Gasteiger partial charge in [0.05, 0.1) is 11.1 Å². The molecule has 150 valence electrons. The fourth-order valence-corrected chi connectivity index (χ4v) is 6.38. The maximum absolute atomic E-state index is 13.2. The molecule has 0 unspecified atom stereocenters. The Bertz CT molecular complexity index is 1280. The lowest BCUT2D eigenvalue weighted by molar-refractivity contribution is 0.104. The number of rotatable bonds is 3. The zero-order chi connectivity index (χ0) is 20.4. The lowest BCUT2D eigenvalue weighted by Crippen LogP contribution is -2.34. The third kappa shape index (κ3) is 2.71. The molecule has 3 N–H and O–H groups in total.